The molecule has 18 heavy (non-hydrogen) atoms. The molecule has 0 aliphatic heterocycles. The third-order valence-corrected chi connectivity index (χ3v) is 2.81. The Balaban J connectivity index is 1.91. The van der Waals surface area contributed by atoms with Crippen molar-refractivity contribution >= 4 is 11.6 Å². The van der Waals surface area contributed by atoms with Crippen molar-refractivity contribution in [2.75, 3.05) is 33.4 Å². The van der Waals surface area contributed by atoms with E-state index in [1.54, 1.807) is 7.11 Å². The molecule has 0 aromatic heterocycles. The number of ether oxygens (including phenoxy) is 2. The van der Waals surface area contributed by atoms with Gasteiger partial charge in [0.05, 0.1) is 13.2 Å². The summed E-state index contributed by atoms with van der Waals surface area (Å²) in [6.45, 7) is 4.17. The molecule has 1 rings (SSSR count). The maximum atomic E-state index is 5.81. The van der Waals surface area contributed by atoms with E-state index in [0.717, 1.165) is 49.7 Å². The molecule has 102 valence electrons. The monoisotopic (exact) mass is 271 g/mol. The maximum Gasteiger partial charge on any atom is 0.0716 e. The zero-order valence-corrected chi connectivity index (χ0v) is 11.7. The van der Waals surface area contributed by atoms with E-state index in [1.807, 2.05) is 24.3 Å². The summed E-state index contributed by atoms with van der Waals surface area (Å²) in [6.07, 6.45) is 2.21. The minimum Gasteiger partial charge on any atom is -0.383 e. The van der Waals surface area contributed by atoms with Crippen molar-refractivity contribution in [3.63, 3.8) is 0 Å². The first kappa shape index (κ1) is 15.4. The molecular formula is C14H22ClNO2. The molecule has 0 unspecified atom stereocenters. The highest BCUT2D eigenvalue weighted by atomic mass is 35.5. The van der Waals surface area contributed by atoms with Crippen molar-refractivity contribution in [2.24, 2.45) is 0 Å². The number of methoxy groups -OCH3 is 1. The summed E-state index contributed by atoms with van der Waals surface area (Å²) in [6, 6.07) is 7.77. The number of rotatable bonds is 10. The van der Waals surface area contributed by atoms with Crippen LogP contribution in [0.3, 0.4) is 0 Å². The van der Waals surface area contributed by atoms with Crippen LogP contribution in [-0.2, 0) is 16.1 Å². The molecule has 0 aliphatic rings. The summed E-state index contributed by atoms with van der Waals surface area (Å²) < 4.78 is 10.5. The van der Waals surface area contributed by atoms with Crippen molar-refractivity contribution in [3.8, 4) is 0 Å². The van der Waals surface area contributed by atoms with Gasteiger partial charge >= 0.3 is 0 Å². The van der Waals surface area contributed by atoms with Crippen LogP contribution in [0.4, 0.5) is 0 Å². The molecule has 0 aliphatic carbocycles. The van der Waals surface area contributed by atoms with E-state index < -0.39 is 0 Å². The van der Waals surface area contributed by atoms with Crippen LogP contribution in [0.15, 0.2) is 24.3 Å². The Bertz CT molecular complexity index is 303. The van der Waals surface area contributed by atoms with Crippen LogP contribution in [0.1, 0.15) is 18.4 Å². The van der Waals surface area contributed by atoms with Gasteiger partial charge < -0.3 is 14.8 Å². The second-order valence-corrected chi connectivity index (χ2v) is 4.57. The van der Waals surface area contributed by atoms with E-state index in [-0.39, 0.29) is 0 Å². The molecular weight excluding hydrogens is 250 g/mol. The Morgan fingerprint density at radius 1 is 1.06 bits per heavy atom. The highest BCUT2D eigenvalue weighted by Gasteiger charge is 1.94. The molecule has 0 amide bonds. The second-order valence-electron chi connectivity index (χ2n) is 4.13. The predicted octanol–water partition coefficient (Wildman–Crippen LogP) is 2.87. The first-order chi connectivity index (χ1) is 8.83. The Hall–Kier alpha value is -0.610. The Morgan fingerprint density at radius 2 is 1.83 bits per heavy atom. The third-order valence-electron chi connectivity index (χ3n) is 2.56. The Kier molecular flexibility index (Phi) is 8.86. The maximum absolute atomic E-state index is 5.81. The Labute approximate surface area is 114 Å². The van der Waals surface area contributed by atoms with Crippen molar-refractivity contribution in [2.45, 2.75) is 19.4 Å². The third kappa shape index (κ3) is 7.67. The normalized spacial score (nSPS) is 10.8. The van der Waals surface area contributed by atoms with Gasteiger partial charge in [-0.15, -0.1) is 0 Å². The predicted molar refractivity (Wildman–Crippen MR) is 75.1 cm³/mol. The molecule has 1 aromatic rings. The van der Waals surface area contributed by atoms with E-state index in [1.165, 1.54) is 0 Å². The second kappa shape index (κ2) is 10.3. The average Bonchev–Trinajstić information content (AvgIpc) is 2.39. The van der Waals surface area contributed by atoms with Crippen LogP contribution < -0.4 is 5.32 Å². The van der Waals surface area contributed by atoms with Crippen molar-refractivity contribution in [3.05, 3.63) is 34.9 Å². The first-order valence-corrected chi connectivity index (χ1v) is 6.72. The van der Waals surface area contributed by atoms with Gasteiger partial charge in [0.1, 0.15) is 0 Å². The molecule has 0 heterocycles. The summed E-state index contributed by atoms with van der Waals surface area (Å²) in [5.74, 6) is 0. The summed E-state index contributed by atoms with van der Waals surface area (Å²) in [4.78, 5) is 0. The first-order valence-electron chi connectivity index (χ1n) is 6.35. The zero-order valence-electron chi connectivity index (χ0n) is 11.0. The lowest BCUT2D eigenvalue weighted by molar-refractivity contribution is 0.117. The lowest BCUT2D eigenvalue weighted by Gasteiger charge is -2.06. The van der Waals surface area contributed by atoms with Crippen LogP contribution in [0.2, 0.25) is 5.02 Å². The summed E-state index contributed by atoms with van der Waals surface area (Å²) in [5.41, 5.74) is 1.16. The van der Waals surface area contributed by atoms with Crippen LogP contribution in [0.5, 0.6) is 0 Å². The summed E-state index contributed by atoms with van der Waals surface area (Å²) >= 11 is 5.81. The number of benzene rings is 1. The largest absolute Gasteiger partial charge is 0.383 e. The molecule has 0 atom stereocenters. The molecule has 4 heteroatoms. The Morgan fingerprint density at radius 3 is 2.56 bits per heavy atom. The fourth-order valence-corrected chi connectivity index (χ4v) is 1.65. The average molecular weight is 272 g/mol. The van der Waals surface area contributed by atoms with Gasteiger partial charge in [0, 0.05) is 25.3 Å². The van der Waals surface area contributed by atoms with Gasteiger partial charge in [0.15, 0.2) is 0 Å². The van der Waals surface area contributed by atoms with Gasteiger partial charge in [-0.3, -0.25) is 0 Å². The van der Waals surface area contributed by atoms with Gasteiger partial charge in [-0.05, 0) is 37.1 Å². The lowest BCUT2D eigenvalue weighted by Crippen LogP contribution is -2.20. The molecule has 0 saturated carbocycles. The van der Waals surface area contributed by atoms with E-state index in [2.05, 4.69) is 5.32 Å². The zero-order chi connectivity index (χ0) is 13.1. The molecule has 0 bridgehead atoms. The number of hydrogen-bond acceptors (Lipinski definition) is 3. The summed E-state index contributed by atoms with van der Waals surface area (Å²) in [7, 11) is 1.71. The van der Waals surface area contributed by atoms with Gasteiger partial charge in [-0.25, -0.2) is 0 Å². The summed E-state index contributed by atoms with van der Waals surface area (Å²) in [5, 5.41) is 4.07. The van der Waals surface area contributed by atoms with Crippen molar-refractivity contribution < 1.29 is 9.47 Å². The quantitative estimate of drug-likeness (QED) is 0.664. The molecule has 0 spiro atoms. The number of nitrogens with one attached hydrogen (secondary N) is 1. The highest BCUT2D eigenvalue weighted by Crippen LogP contribution is 2.10. The van der Waals surface area contributed by atoms with Gasteiger partial charge in [-0.2, -0.15) is 0 Å². The van der Waals surface area contributed by atoms with E-state index in [0.29, 0.717) is 6.61 Å². The van der Waals surface area contributed by atoms with Crippen molar-refractivity contribution in [1.82, 2.24) is 5.32 Å². The highest BCUT2D eigenvalue weighted by molar-refractivity contribution is 6.30. The molecule has 3 nitrogen and oxygen atoms in total. The smallest absolute Gasteiger partial charge is 0.0716 e. The number of halogens is 1. The molecule has 0 radical (unpaired) electrons. The SMILES string of the molecule is COCCNCCCCOCc1ccc(Cl)cc1. The van der Waals surface area contributed by atoms with Gasteiger partial charge in [0.2, 0.25) is 0 Å². The standard InChI is InChI=1S/C14H22ClNO2/c1-17-11-9-16-8-2-3-10-18-12-13-4-6-14(15)7-5-13/h4-7,16H,2-3,8-12H2,1H3. The van der Waals surface area contributed by atoms with Crippen LogP contribution in [0.25, 0.3) is 0 Å². The van der Waals surface area contributed by atoms with Crippen LogP contribution in [0, 0.1) is 0 Å². The van der Waals surface area contributed by atoms with Crippen molar-refractivity contribution in [1.29, 1.82) is 0 Å². The van der Waals surface area contributed by atoms with Gasteiger partial charge in [0.25, 0.3) is 0 Å². The fourth-order valence-electron chi connectivity index (χ4n) is 1.52. The van der Waals surface area contributed by atoms with E-state index >= 15 is 0 Å². The van der Waals surface area contributed by atoms with E-state index in [4.69, 9.17) is 21.1 Å². The topological polar surface area (TPSA) is 30.5 Å². The number of hydrogen-bond donors (Lipinski definition) is 1. The minimum absolute atomic E-state index is 0.661. The minimum atomic E-state index is 0.661. The lowest BCUT2D eigenvalue weighted by atomic mass is 10.2. The van der Waals surface area contributed by atoms with Gasteiger partial charge in [-0.1, -0.05) is 23.7 Å². The molecule has 1 aromatic carbocycles. The fraction of sp³-hybridized carbons (Fsp3) is 0.571. The van der Waals surface area contributed by atoms with Crippen LogP contribution in [-0.4, -0.2) is 33.4 Å². The number of unbranched alkanes of at least 4 members (excludes halogenated alkanes) is 1. The van der Waals surface area contributed by atoms with E-state index in [9.17, 15) is 0 Å². The molecule has 0 fully saturated rings. The molecule has 0 saturated heterocycles. The molecule has 1 N–H and O–H groups in total. The van der Waals surface area contributed by atoms with Crippen LogP contribution >= 0.6 is 11.6 Å².